The van der Waals surface area contributed by atoms with E-state index in [1.165, 1.54) is 0 Å². The molecule has 0 heterocycles. The van der Waals surface area contributed by atoms with Crippen molar-refractivity contribution in [1.29, 1.82) is 5.26 Å². The molecular weight excluding hydrogens is 266 g/mol. The van der Waals surface area contributed by atoms with Gasteiger partial charge in [0, 0.05) is 32.6 Å². The minimum Gasteiger partial charge on any atom is -0.387 e. The van der Waals surface area contributed by atoms with Gasteiger partial charge in [0.05, 0.1) is 17.7 Å². The molecule has 0 aromatic heterocycles. The molecule has 1 atom stereocenters. The molecule has 1 aromatic rings. The van der Waals surface area contributed by atoms with Crippen molar-refractivity contribution in [3.05, 3.63) is 35.4 Å². The van der Waals surface area contributed by atoms with E-state index in [1.54, 1.807) is 29.2 Å². The maximum Gasteiger partial charge on any atom is 0.223 e. The van der Waals surface area contributed by atoms with Crippen molar-refractivity contribution in [3.63, 3.8) is 0 Å². The molecule has 0 radical (unpaired) electrons. The Kier molecular flexibility index (Phi) is 7.44. The standard InChI is InChI=1S/C16H23N3O2/c1-3-19(4-2)16(21)9-10-18-12-15(20)14-7-5-13(11-17)6-8-14/h5-8,15,18,20H,3-4,9-10,12H2,1-2H3. The molecule has 21 heavy (non-hydrogen) atoms. The largest absolute Gasteiger partial charge is 0.387 e. The Bertz CT molecular complexity index is 475. The second-order valence-corrected chi connectivity index (χ2v) is 4.77. The average Bonchev–Trinajstić information content (AvgIpc) is 2.52. The van der Waals surface area contributed by atoms with Gasteiger partial charge in [0.15, 0.2) is 0 Å². The number of hydrogen-bond acceptors (Lipinski definition) is 4. The number of carbonyl (C=O) groups is 1. The molecule has 1 rings (SSSR count). The van der Waals surface area contributed by atoms with Crippen LogP contribution in [0.1, 0.15) is 37.5 Å². The number of nitriles is 1. The van der Waals surface area contributed by atoms with Crippen molar-refractivity contribution in [3.8, 4) is 6.07 Å². The number of rotatable bonds is 8. The molecule has 1 unspecified atom stereocenters. The zero-order chi connectivity index (χ0) is 15.7. The van der Waals surface area contributed by atoms with Gasteiger partial charge in [-0.2, -0.15) is 5.26 Å². The third kappa shape index (κ3) is 5.54. The number of carbonyl (C=O) groups excluding carboxylic acids is 1. The molecule has 0 saturated carbocycles. The molecule has 1 amide bonds. The van der Waals surface area contributed by atoms with Crippen molar-refractivity contribution >= 4 is 5.91 Å². The highest BCUT2D eigenvalue weighted by Crippen LogP contribution is 2.12. The average molecular weight is 289 g/mol. The second-order valence-electron chi connectivity index (χ2n) is 4.77. The van der Waals surface area contributed by atoms with Crippen LogP contribution in [0.5, 0.6) is 0 Å². The number of nitrogens with one attached hydrogen (secondary N) is 1. The lowest BCUT2D eigenvalue weighted by Gasteiger charge is -2.19. The number of amides is 1. The Hall–Kier alpha value is -1.90. The van der Waals surface area contributed by atoms with Crippen LogP contribution in [0, 0.1) is 11.3 Å². The van der Waals surface area contributed by atoms with Gasteiger partial charge in [0.25, 0.3) is 0 Å². The van der Waals surface area contributed by atoms with Crippen LogP contribution in [0.2, 0.25) is 0 Å². The minimum absolute atomic E-state index is 0.125. The molecule has 0 aliphatic heterocycles. The van der Waals surface area contributed by atoms with Gasteiger partial charge in [0.1, 0.15) is 0 Å². The summed E-state index contributed by atoms with van der Waals surface area (Å²) >= 11 is 0. The van der Waals surface area contributed by atoms with Gasteiger partial charge in [0.2, 0.25) is 5.91 Å². The van der Waals surface area contributed by atoms with Gasteiger partial charge in [-0.1, -0.05) is 12.1 Å². The van der Waals surface area contributed by atoms with Crippen molar-refractivity contribution in [2.24, 2.45) is 0 Å². The van der Waals surface area contributed by atoms with Gasteiger partial charge in [-0.25, -0.2) is 0 Å². The lowest BCUT2D eigenvalue weighted by atomic mass is 10.1. The Balaban J connectivity index is 2.31. The van der Waals surface area contributed by atoms with E-state index in [0.29, 0.717) is 25.1 Å². The Morgan fingerprint density at radius 3 is 2.48 bits per heavy atom. The third-order valence-electron chi connectivity index (χ3n) is 3.39. The molecule has 5 heteroatoms. The Morgan fingerprint density at radius 1 is 1.33 bits per heavy atom. The SMILES string of the molecule is CCN(CC)C(=O)CCNCC(O)c1ccc(C#N)cc1. The molecule has 2 N–H and O–H groups in total. The fourth-order valence-electron chi connectivity index (χ4n) is 2.07. The van der Waals surface area contributed by atoms with Gasteiger partial charge in [-0.05, 0) is 31.5 Å². The maximum atomic E-state index is 11.8. The summed E-state index contributed by atoms with van der Waals surface area (Å²) in [5.74, 6) is 0.125. The first-order chi connectivity index (χ1) is 10.1. The van der Waals surface area contributed by atoms with Crippen LogP contribution < -0.4 is 5.32 Å². The molecule has 114 valence electrons. The van der Waals surface area contributed by atoms with E-state index in [1.807, 2.05) is 19.9 Å². The normalized spacial score (nSPS) is 11.7. The molecular formula is C16H23N3O2. The van der Waals surface area contributed by atoms with Crippen LogP contribution in [0.4, 0.5) is 0 Å². The maximum absolute atomic E-state index is 11.8. The molecule has 5 nitrogen and oxygen atoms in total. The van der Waals surface area contributed by atoms with Gasteiger partial charge < -0.3 is 15.3 Å². The van der Waals surface area contributed by atoms with E-state index in [9.17, 15) is 9.90 Å². The van der Waals surface area contributed by atoms with Crippen LogP contribution in [0.15, 0.2) is 24.3 Å². The quantitative estimate of drug-likeness (QED) is 0.710. The van der Waals surface area contributed by atoms with E-state index in [4.69, 9.17) is 5.26 Å². The van der Waals surface area contributed by atoms with Crippen LogP contribution in [0.3, 0.4) is 0 Å². The van der Waals surface area contributed by atoms with Gasteiger partial charge in [-0.15, -0.1) is 0 Å². The van der Waals surface area contributed by atoms with Crippen molar-refractivity contribution in [2.45, 2.75) is 26.4 Å². The third-order valence-corrected chi connectivity index (χ3v) is 3.39. The summed E-state index contributed by atoms with van der Waals surface area (Å²) in [5, 5.41) is 21.8. The first-order valence-corrected chi connectivity index (χ1v) is 7.29. The van der Waals surface area contributed by atoms with Gasteiger partial charge in [-0.3, -0.25) is 4.79 Å². The molecule has 0 bridgehead atoms. The molecule has 0 spiro atoms. The van der Waals surface area contributed by atoms with Gasteiger partial charge >= 0.3 is 0 Å². The summed E-state index contributed by atoms with van der Waals surface area (Å²) in [6.07, 6.45) is -0.205. The first-order valence-electron chi connectivity index (χ1n) is 7.29. The summed E-state index contributed by atoms with van der Waals surface area (Å²) in [6.45, 7) is 6.31. The number of aliphatic hydroxyl groups excluding tert-OH is 1. The van der Waals surface area contributed by atoms with Crippen LogP contribution in [0.25, 0.3) is 0 Å². The summed E-state index contributed by atoms with van der Waals surface area (Å²) in [4.78, 5) is 13.6. The Labute approximate surface area is 126 Å². The van der Waals surface area contributed by atoms with Crippen molar-refractivity contribution in [2.75, 3.05) is 26.2 Å². The van der Waals surface area contributed by atoms with E-state index < -0.39 is 6.10 Å². The fourth-order valence-corrected chi connectivity index (χ4v) is 2.07. The summed E-state index contributed by atoms with van der Waals surface area (Å²) in [7, 11) is 0. The smallest absolute Gasteiger partial charge is 0.223 e. The molecule has 0 aliphatic carbocycles. The Morgan fingerprint density at radius 2 is 1.95 bits per heavy atom. The number of aliphatic hydroxyl groups is 1. The predicted molar refractivity (Wildman–Crippen MR) is 81.5 cm³/mol. The second kappa shape index (κ2) is 9.11. The topological polar surface area (TPSA) is 76.4 Å². The first kappa shape index (κ1) is 17.2. The van der Waals surface area contributed by atoms with Crippen molar-refractivity contribution in [1.82, 2.24) is 10.2 Å². The van der Waals surface area contributed by atoms with E-state index in [-0.39, 0.29) is 5.91 Å². The van der Waals surface area contributed by atoms with E-state index >= 15 is 0 Å². The summed E-state index contributed by atoms with van der Waals surface area (Å²) < 4.78 is 0. The number of hydrogen-bond donors (Lipinski definition) is 2. The summed E-state index contributed by atoms with van der Waals surface area (Å²) in [5.41, 5.74) is 1.33. The zero-order valence-corrected chi connectivity index (χ0v) is 12.7. The molecule has 0 fully saturated rings. The van der Waals surface area contributed by atoms with Crippen LogP contribution >= 0.6 is 0 Å². The van der Waals surface area contributed by atoms with E-state index in [2.05, 4.69) is 5.32 Å². The van der Waals surface area contributed by atoms with Crippen LogP contribution in [-0.4, -0.2) is 42.1 Å². The molecule has 0 saturated heterocycles. The highest BCUT2D eigenvalue weighted by Gasteiger charge is 2.10. The highest BCUT2D eigenvalue weighted by atomic mass is 16.3. The van der Waals surface area contributed by atoms with Crippen LogP contribution in [-0.2, 0) is 4.79 Å². The van der Waals surface area contributed by atoms with Crippen molar-refractivity contribution < 1.29 is 9.90 Å². The summed E-state index contributed by atoms with van der Waals surface area (Å²) in [6, 6.07) is 8.89. The predicted octanol–water partition coefficient (Wildman–Crippen LogP) is 1.44. The van der Waals surface area contributed by atoms with E-state index in [0.717, 1.165) is 18.7 Å². The fraction of sp³-hybridized carbons (Fsp3) is 0.500. The minimum atomic E-state index is -0.638. The zero-order valence-electron chi connectivity index (χ0n) is 12.7. The molecule has 0 aliphatic rings. The number of benzene rings is 1. The highest BCUT2D eigenvalue weighted by molar-refractivity contribution is 5.76. The molecule has 1 aromatic carbocycles. The lowest BCUT2D eigenvalue weighted by molar-refractivity contribution is -0.130. The monoisotopic (exact) mass is 289 g/mol. The lowest BCUT2D eigenvalue weighted by Crippen LogP contribution is -2.33. The number of nitrogens with zero attached hydrogens (tertiary/aromatic N) is 2.